The van der Waals surface area contributed by atoms with Gasteiger partial charge in [-0.15, -0.1) is 0 Å². The van der Waals surface area contributed by atoms with Crippen LogP contribution in [0.2, 0.25) is 0 Å². The molecule has 3 heteroatoms. The molecule has 1 fully saturated rings. The van der Waals surface area contributed by atoms with Gasteiger partial charge in [-0.25, -0.2) is 4.68 Å². The van der Waals surface area contributed by atoms with Crippen LogP contribution in [-0.2, 0) is 4.74 Å². The molecule has 1 atom stereocenters. The highest BCUT2D eigenvalue weighted by molar-refractivity contribution is 5.66. The molecule has 0 aliphatic carbocycles. The fourth-order valence-electron chi connectivity index (χ4n) is 2.70. The zero-order chi connectivity index (χ0) is 13.2. The number of benzene rings is 1. The van der Waals surface area contributed by atoms with Gasteiger partial charge in [0, 0.05) is 18.4 Å². The van der Waals surface area contributed by atoms with Crippen molar-refractivity contribution in [3.8, 4) is 11.1 Å². The van der Waals surface area contributed by atoms with Gasteiger partial charge in [0.25, 0.3) is 0 Å². The van der Waals surface area contributed by atoms with Gasteiger partial charge in [-0.05, 0) is 44.2 Å². The average Bonchev–Trinajstić information content (AvgIpc) is 2.89. The SMILES string of the molecule is Cc1ccc(-c2cnn([C@H]3CCCCO3)c2)c(C)c1. The van der Waals surface area contributed by atoms with Gasteiger partial charge in [0.05, 0.1) is 6.20 Å². The van der Waals surface area contributed by atoms with Gasteiger partial charge >= 0.3 is 0 Å². The molecule has 0 saturated carbocycles. The first-order valence-corrected chi connectivity index (χ1v) is 6.97. The average molecular weight is 256 g/mol. The standard InChI is InChI=1S/C16H20N2O/c1-12-6-7-15(13(2)9-12)14-10-17-18(11-14)16-5-3-4-8-19-16/h6-7,9-11,16H,3-5,8H2,1-2H3/t16-/m1/s1. The van der Waals surface area contributed by atoms with Gasteiger partial charge in [0.1, 0.15) is 6.23 Å². The maximum atomic E-state index is 5.76. The second-order valence-electron chi connectivity index (χ2n) is 5.35. The van der Waals surface area contributed by atoms with Crippen molar-refractivity contribution in [1.29, 1.82) is 0 Å². The van der Waals surface area contributed by atoms with Gasteiger partial charge in [-0.1, -0.05) is 23.8 Å². The Morgan fingerprint density at radius 3 is 2.89 bits per heavy atom. The molecule has 3 rings (SSSR count). The third-order valence-corrected chi connectivity index (χ3v) is 3.75. The van der Waals surface area contributed by atoms with Crippen LogP contribution in [0, 0.1) is 13.8 Å². The van der Waals surface area contributed by atoms with Gasteiger partial charge in [-0.2, -0.15) is 5.10 Å². The topological polar surface area (TPSA) is 27.1 Å². The van der Waals surface area contributed by atoms with Gasteiger partial charge in [0.2, 0.25) is 0 Å². The molecule has 0 amide bonds. The van der Waals surface area contributed by atoms with E-state index in [0.717, 1.165) is 13.0 Å². The van der Waals surface area contributed by atoms with Gasteiger partial charge in [0.15, 0.2) is 0 Å². The highest BCUT2D eigenvalue weighted by Gasteiger charge is 2.17. The van der Waals surface area contributed by atoms with E-state index in [0.29, 0.717) is 0 Å². The summed E-state index contributed by atoms with van der Waals surface area (Å²) in [5.41, 5.74) is 5.02. The number of rotatable bonds is 2. The first-order chi connectivity index (χ1) is 9.24. The second-order valence-corrected chi connectivity index (χ2v) is 5.35. The van der Waals surface area contributed by atoms with Crippen molar-refractivity contribution in [2.45, 2.75) is 39.3 Å². The van der Waals surface area contributed by atoms with Crippen LogP contribution in [0.15, 0.2) is 30.6 Å². The van der Waals surface area contributed by atoms with E-state index in [-0.39, 0.29) is 6.23 Å². The lowest BCUT2D eigenvalue weighted by molar-refractivity contribution is -0.0394. The lowest BCUT2D eigenvalue weighted by Crippen LogP contribution is -2.18. The van der Waals surface area contributed by atoms with Crippen LogP contribution in [0.1, 0.15) is 36.6 Å². The van der Waals surface area contributed by atoms with Crippen LogP contribution in [0.5, 0.6) is 0 Å². The van der Waals surface area contributed by atoms with Crippen molar-refractivity contribution >= 4 is 0 Å². The number of hydrogen-bond donors (Lipinski definition) is 0. The lowest BCUT2D eigenvalue weighted by atomic mass is 10.0. The molecule has 2 aromatic rings. The fraction of sp³-hybridized carbons (Fsp3) is 0.438. The van der Waals surface area contributed by atoms with E-state index in [4.69, 9.17) is 4.74 Å². The van der Waals surface area contributed by atoms with Crippen LogP contribution in [0.3, 0.4) is 0 Å². The lowest BCUT2D eigenvalue weighted by Gasteiger charge is -2.22. The molecule has 19 heavy (non-hydrogen) atoms. The summed E-state index contributed by atoms with van der Waals surface area (Å²) in [4.78, 5) is 0. The van der Waals surface area contributed by atoms with Crippen molar-refractivity contribution in [1.82, 2.24) is 9.78 Å². The number of nitrogens with zero attached hydrogens (tertiary/aromatic N) is 2. The van der Waals surface area contributed by atoms with Crippen molar-refractivity contribution in [3.05, 3.63) is 41.7 Å². The zero-order valence-electron chi connectivity index (χ0n) is 11.6. The predicted octanol–water partition coefficient (Wildman–Crippen LogP) is 3.87. The van der Waals surface area contributed by atoms with Crippen LogP contribution >= 0.6 is 0 Å². The molecular formula is C16H20N2O. The monoisotopic (exact) mass is 256 g/mol. The third-order valence-electron chi connectivity index (χ3n) is 3.75. The largest absolute Gasteiger partial charge is 0.357 e. The number of hydrogen-bond acceptors (Lipinski definition) is 2. The summed E-state index contributed by atoms with van der Waals surface area (Å²) in [5.74, 6) is 0. The zero-order valence-corrected chi connectivity index (χ0v) is 11.6. The minimum Gasteiger partial charge on any atom is -0.357 e. The summed E-state index contributed by atoms with van der Waals surface area (Å²) >= 11 is 0. The summed E-state index contributed by atoms with van der Waals surface area (Å²) in [6, 6.07) is 6.54. The van der Waals surface area contributed by atoms with E-state index < -0.39 is 0 Å². The van der Waals surface area contributed by atoms with Gasteiger partial charge < -0.3 is 4.74 Å². The van der Waals surface area contributed by atoms with E-state index in [2.05, 4.69) is 43.3 Å². The molecule has 1 aliphatic rings. The Morgan fingerprint density at radius 2 is 2.16 bits per heavy atom. The molecule has 1 aromatic carbocycles. The van der Waals surface area contributed by atoms with E-state index in [1.165, 1.54) is 35.1 Å². The number of aryl methyl sites for hydroxylation is 2. The van der Waals surface area contributed by atoms with Crippen LogP contribution < -0.4 is 0 Å². The van der Waals surface area contributed by atoms with E-state index in [1.54, 1.807) is 0 Å². The Labute approximate surface area is 114 Å². The maximum Gasteiger partial charge on any atom is 0.150 e. The van der Waals surface area contributed by atoms with Crippen LogP contribution in [0.4, 0.5) is 0 Å². The Hall–Kier alpha value is -1.61. The molecule has 1 aliphatic heterocycles. The Balaban J connectivity index is 1.87. The summed E-state index contributed by atoms with van der Waals surface area (Å²) < 4.78 is 7.73. The van der Waals surface area contributed by atoms with Crippen molar-refractivity contribution in [2.75, 3.05) is 6.61 Å². The molecule has 0 radical (unpaired) electrons. The van der Waals surface area contributed by atoms with Crippen LogP contribution in [-0.4, -0.2) is 16.4 Å². The molecule has 0 spiro atoms. The quantitative estimate of drug-likeness (QED) is 0.815. The number of ether oxygens (including phenoxy) is 1. The Morgan fingerprint density at radius 1 is 1.26 bits per heavy atom. The summed E-state index contributed by atoms with van der Waals surface area (Å²) in [5, 5.41) is 4.47. The number of aromatic nitrogens is 2. The molecule has 0 unspecified atom stereocenters. The Bertz CT molecular complexity index is 568. The molecule has 1 saturated heterocycles. The molecule has 100 valence electrons. The molecule has 2 heterocycles. The predicted molar refractivity (Wildman–Crippen MR) is 76.0 cm³/mol. The highest BCUT2D eigenvalue weighted by atomic mass is 16.5. The molecular weight excluding hydrogens is 236 g/mol. The van der Waals surface area contributed by atoms with Crippen molar-refractivity contribution < 1.29 is 4.74 Å². The minimum atomic E-state index is 0.119. The first-order valence-electron chi connectivity index (χ1n) is 6.97. The van der Waals surface area contributed by atoms with Crippen LogP contribution in [0.25, 0.3) is 11.1 Å². The van der Waals surface area contributed by atoms with E-state index >= 15 is 0 Å². The van der Waals surface area contributed by atoms with E-state index in [1.807, 2.05) is 10.9 Å². The normalized spacial score (nSPS) is 19.6. The van der Waals surface area contributed by atoms with E-state index in [9.17, 15) is 0 Å². The molecule has 1 aromatic heterocycles. The Kier molecular flexibility index (Phi) is 3.38. The highest BCUT2D eigenvalue weighted by Crippen LogP contribution is 2.27. The first kappa shape index (κ1) is 12.4. The fourth-order valence-corrected chi connectivity index (χ4v) is 2.70. The molecule has 3 nitrogen and oxygen atoms in total. The van der Waals surface area contributed by atoms with Gasteiger partial charge in [-0.3, -0.25) is 0 Å². The minimum absolute atomic E-state index is 0.119. The molecule has 0 bridgehead atoms. The summed E-state index contributed by atoms with van der Waals surface area (Å²) in [7, 11) is 0. The third kappa shape index (κ3) is 2.56. The smallest absolute Gasteiger partial charge is 0.150 e. The summed E-state index contributed by atoms with van der Waals surface area (Å²) in [6.45, 7) is 5.12. The maximum absolute atomic E-state index is 5.76. The van der Waals surface area contributed by atoms with Crippen molar-refractivity contribution in [2.24, 2.45) is 0 Å². The molecule has 0 N–H and O–H groups in total. The second kappa shape index (κ2) is 5.17. The summed E-state index contributed by atoms with van der Waals surface area (Å²) in [6.07, 6.45) is 7.62. The van der Waals surface area contributed by atoms with Crippen molar-refractivity contribution in [3.63, 3.8) is 0 Å².